The van der Waals surface area contributed by atoms with E-state index in [0.29, 0.717) is 23.4 Å². The molecule has 0 bridgehead atoms. The molecular formula is C12H18N2O3. The second-order valence-corrected chi connectivity index (χ2v) is 4.37. The Morgan fingerprint density at radius 1 is 1.53 bits per heavy atom. The van der Waals surface area contributed by atoms with Gasteiger partial charge < -0.3 is 4.52 Å². The number of hydroxylamine groups is 1. The van der Waals surface area contributed by atoms with E-state index in [4.69, 9.17) is 9.36 Å². The fourth-order valence-electron chi connectivity index (χ4n) is 2.14. The minimum absolute atomic E-state index is 0.157. The van der Waals surface area contributed by atoms with E-state index in [9.17, 15) is 4.79 Å². The first-order valence-corrected chi connectivity index (χ1v) is 6.13. The van der Waals surface area contributed by atoms with Crippen molar-refractivity contribution in [1.29, 1.82) is 0 Å². The van der Waals surface area contributed by atoms with Crippen LogP contribution in [0.25, 0.3) is 0 Å². The summed E-state index contributed by atoms with van der Waals surface area (Å²) in [6, 6.07) is 0. The summed E-state index contributed by atoms with van der Waals surface area (Å²) in [6.07, 6.45) is 5.21. The van der Waals surface area contributed by atoms with Crippen molar-refractivity contribution in [3.8, 4) is 0 Å². The largest absolute Gasteiger partial charge is 0.361 e. The molecule has 1 aromatic heterocycles. The highest BCUT2D eigenvalue weighted by molar-refractivity contribution is 5.95. The molecule has 0 aromatic carbocycles. The Bertz CT molecular complexity index is 394. The maximum atomic E-state index is 11.9. The zero-order valence-electron chi connectivity index (χ0n) is 10.3. The summed E-state index contributed by atoms with van der Waals surface area (Å²) < 4.78 is 5.01. The van der Waals surface area contributed by atoms with Crippen LogP contribution in [0.3, 0.4) is 0 Å². The van der Waals surface area contributed by atoms with Crippen molar-refractivity contribution in [1.82, 2.24) is 10.6 Å². The van der Waals surface area contributed by atoms with Gasteiger partial charge in [-0.3, -0.25) is 9.63 Å². The minimum Gasteiger partial charge on any atom is -0.361 e. The number of hydrogen-bond donors (Lipinski definition) is 1. The number of aryl methyl sites for hydroxylation is 2. The van der Waals surface area contributed by atoms with Gasteiger partial charge in [0.25, 0.3) is 5.91 Å². The number of nitrogens with zero attached hydrogens (tertiary/aromatic N) is 1. The van der Waals surface area contributed by atoms with E-state index in [1.807, 2.05) is 6.92 Å². The van der Waals surface area contributed by atoms with E-state index < -0.39 is 0 Å². The van der Waals surface area contributed by atoms with Gasteiger partial charge in [0.1, 0.15) is 11.3 Å². The molecule has 0 saturated heterocycles. The summed E-state index contributed by atoms with van der Waals surface area (Å²) >= 11 is 0. The molecule has 1 heterocycles. The van der Waals surface area contributed by atoms with E-state index >= 15 is 0 Å². The van der Waals surface area contributed by atoms with Crippen LogP contribution in [0.4, 0.5) is 0 Å². The highest BCUT2D eigenvalue weighted by atomic mass is 16.7. The molecule has 1 saturated carbocycles. The van der Waals surface area contributed by atoms with Gasteiger partial charge in [-0.25, -0.2) is 5.48 Å². The molecule has 1 aromatic rings. The fourth-order valence-corrected chi connectivity index (χ4v) is 2.14. The first-order chi connectivity index (χ1) is 8.22. The smallest absolute Gasteiger partial charge is 0.280 e. The molecule has 1 aliphatic carbocycles. The van der Waals surface area contributed by atoms with Crippen molar-refractivity contribution < 1.29 is 14.2 Å². The number of nitrogens with one attached hydrogen (secondary N) is 1. The van der Waals surface area contributed by atoms with E-state index in [-0.39, 0.29) is 12.0 Å². The average Bonchev–Trinajstić information content (AvgIpc) is 2.94. The lowest BCUT2D eigenvalue weighted by atomic mass is 10.1. The van der Waals surface area contributed by atoms with Crippen molar-refractivity contribution in [3.63, 3.8) is 0 Å². The van der Waals surface area contributed by atoms with E-state index in [1.165, 1.54) is 12.8 Å². The topological polar surface area (TPSA) is 64.4 Å². The molecule has 17 heavy (non-hydrogen) atoms. The van der Waals surface area contributed by atoms with E-state index in [2.05, 4.69) is 10.6 Å². The predicted molar refractivity (Wildman–Crippen MR) is 61.4 cm³/mol. The summed E-state index contributed by atoms with van der Waals surface area (Å²) in [4.78, 5) is 17.3. The zero-order valence-corrected chi connectivity index (χ0v) is 10.3. The Balaban J connectivity index is 1.96. The minimum atomic E-state index is -0.257. The lowest BCUT2D eigenvalue weighted by Gasteiger charge is -2.11. The molecule has 1 amide bonds. The molecule has 2 rings (SSSR count). The van der Waals surface area contributed by atoms with Crippen LogP contribution >= 0.6 is 0 Å². The number of carbonyl (C=O) groups excluding carboxylic acids is 1. The van der Waals surface area contributed by atoms with Crippen LogP contribution < -0.4 is 5.48 Å². The van der Waals surface area contributed by atoms with Crippen molar-refractivity contribution in [2.45, 2.75) is 52.1 Å². The van der Waals surface area contributed by atoms with Crippen molar-refractivity contribution in [2.75, 3.05) is 0 Å². The van der Waals surface area contributed by atoms with Crippen molar-refractivity contribution in [2.24, 2.45) is 0 Å². The monoisotopic (exact) mass is 238 g/mol. The van der Waals surface area contributed by atoms with Crippen LogP contribution in [0, 0.1) is 6.92 Å². The Morgan fingerprint density at radius 3 is 2.88 bits per heavy atom. The molecule has 1 aliphatic rings. The van der Waals surface area contributed by atoms with Crippen LogP contribution in [-0.4, -0.2) is 17.2 Å². The van der Waals surface area contributed by atoms with Crippen LogP contribution in [0.15, 0.2) is 4.52 Å². The third-order valence-corrected chi connectivity index (χ3v) is 3.12. The summed E-state index contributed by atoms with van der Waals surface area (Å²) in [5.41, 5.74) is 3.68. The second kappa shape index (κ2) is 5.31. The maximum absolute atomic E-state index is 11.9. The summed E-state index contributed by atoms with van der Waals surface area (Å²) in [5, 5.41) is 3.84. The summed E-state index contributed by atoms with van der Waals surface area (Å²) in [6.45, 7) is 3.67. The molecule has 0 unspecified atom stereocenters. The predicted octanol–water partition coefficient (Wildman–Crippen LogP) is 2.15. The molecule has 1 fully saturated rings. The number of aromatic nitrogens is 1. The van der Waals surface area contributed by atoms with Gasteiger partial charge in [-0.2, -0.15) is 0 Å². The Kier molecular flexibility index (Phi) is 3.78. The van der Waals surface area contributed by atoms with Crippen molar-refractivity contribution in [3.05, 3.63) is 17.0 Å². The van der Waals surface area contributed by atoms with Crippen LogP contribution in [-0.2, 0) is 11.3 Å². The van der Waals surface area contributed by atoms with Gasteiger partial charge in [0.15, 0.2) is 0 Å². The Labute approximate surface area is 100 Å². The average molecular weight is 238 g/mol. The van der Waals surface area contributed by atoms with Gasteiger partial charge in [-0.15, -0.1) is 0 Å². The lowest BCUT2D eigenvalue weighted by Crippen LogP contribution is -2.29. The SMILES string of the molecule is CCc1noc(C)c1C(=O)NOC1CCCC1. The Hall–Kier alpha value is -1.36. The Morgan fingerprint density at radius 2 is 2.24 bits per heavy atom. The van der Waals surface area contributed by atoms with Gasteiger partial charge >= 0.3 is 0 Å². The third kappa shape index (κ3) is 2.66. The number of carbonyl (C=O) groups is 1. The summed E-state index contributed by atoms with van der Waals surface area (Å²) in [5.74, 6) is 0.280. The van der Waals surface area contributed by atoms with Gasteiger partial charge in [0, 0.05) is 0 Å². The first kappa shape index (κ1) is 12.1. The quantitative estimate of drug-likeness (QED) is 0.816. The third-order valence-electron chi connectivity index (χ3n) is 3.12. The van der Waals surface area contributed by atoms with Gasteiger partial charge in [-0.05, 0) is 26.2 Å². The van der Waals surface area contributed by atoms with Crippen LogP contribution in [0.1, 0.15) is 54.4 Å². The molecule has 5 nitrogen and oxygen atoms in total. The zero-order chi connectivity index (χ0) is 12.3. The summed E-state index contributed by atoms with van der Waals surface area (Å²) in [7, 11) is 0. The van der Waals surface area contributed by atoms with E-state index in [0.717, 1.165) is 12.8 Å². The highest BCUT2D eigenvalue weighted by Gasteiger charge is 2.21. The van der Waals surface area contributed by atoms with Crippen LogP contribution in [0.2, 0.25) is 0 Å². The molecular weight excluding hydrogens is 220 g/mol. The molecule has 0 radical (unpaired) electrons. The number of amides is 1. The second-order valence-electron chi connectivity index (χ2n) is 4.37. The molecule has 0 aliphatic heterocycles. The van der Waals surface area contributed by atoms with Crippen LogP contribution in [0.5, 0.6) is 0 Å². The highest BCUT2D eigenvalue weighted by Crippen LogP contribution is 2.20. The molecule has 0 atom stereocenters. The number of rotatable bonds is 4. The maximum Gasteiger partial charge on any atom is 0.280 e. The van der Waals surface area contributed by atoms with Gasteiger partial charge in [0.2, 0.25) is 0 Å². The van der Waals surface area contributed by atoms with Crippen molar-refractivity contribution >= 4 is 5.91 Å². The number of hydrogen-bond acceptors (Lipinski definition) is 4. The molecule has 94 valence electrons. The molecule has 5 heteroatoms. The normalized spacial score (nSPS) is 16.4. The van der Waals surface area contributed by atoms with E-state index in [1.54, 1.807) is 6.92 Å². The fraction of sp³-hybridized carbons (Fsp3) is 0.667. The molecule has 0 spiro atoms. The molecule has 1 N–H and O–H groups in total. The first-order valence-electron chi connectivity index (χ1n) is 6.13. The van der Waals surface area contributed by atoms with Gasteiger partial charge in [0.05, 0.1) is 11.8 Å². The van der Waals surface area contributed by atoms with Gasteiger partial charge in [-0.1, -0.05) is 24.9 Å². The standard InChI is InChI=1S/C12H18N2O3/c1-3-10-11(8(2)16-13-10)12(15)14-17-9-6-4-5-7-9/h9H,3-7H2,1-2H3,(H,14,15). The lowest BCUT2D eigenvalue weighted by molar-refractivity contribution is -0.0126.